The van der Waals surface area contributed by atoms with Crippen LogP contribution < -0.4 is 4.90 Å². The summed E-state index contributed by atoms with van der Waals surface area (Å²) in [6.45, 7) is 4.48. The highest BCUT2D eigenvalue weighted by Crippen LogP contribution is 2.38. The molecule has 1 aromatic heterocycles. The first-order chi connectivity index (χ1) is 12.6. The lowest BCUT2D eigenvalue weighted by molar-refractivity contribution is -0.128. The van der Waals surface area contributed by atoms with E-state index < -0.39 is 0 Å². The predicted octanol–water partition coefficient (Wildman–Crippen LogP) is 2.50. The van der Waals surface area contributed by atoms with Crippen LogP contribution in [0.15, 0.2) is 29.4 Å². The number of anilines is 1. The largest absolute Gasteiger partial charge is 0.366 e. The lowest BCUT2D eigenvalue weighted by Gasteiger charge is -2.36. The van der Waals surface area contributed by atoms with E-state index in [1.54, 1.807) is 12.1 Å². The van der Waals surface area contributed by atoms with E-state index in [-0.39, 0.29) is 11.7 Å². The number of aryl methyl sites for hydroxylation is 1. The molecule has 0 N–H and O–H groups in total. The van der Waals surface area contributed by atoms with E-state index >= 15 is 0 Å². The average Bonchev–Trinajstić information content (AvgIpc) is 3.43. The van der Waals surface area contributed by atoms with Crippen molar-refractivity contribution in [3.05, 3.63) is 35.9 Å². The molecule has 1 saturated carbocycles. The number of aromatic nitrogens is 3. The minimum absolute atomic E-state index is 0.103. The fourth-order valence-electron chi connectivity index (χ4n) is 3.32. The molecule has 0 bridgehead atoms. The van der Waals surface area contributed by atoms with E-state index in [4.69, 9.17) is 0 Å². The van der Waals surface area contributed by atoms with Gasteiger partial charge in [0.05, 0.1) is 11.4 Å². The SMILES string of the molecule is Cc1nnc(SCC(=O)N2CCN(c3ccccc3F)CC2)n1C1CC1. The second-order valence-electron chi connectivity index (χ2n) is 6.74. The number of nitrogens with zero attached hydrogens (tertiary/aromatic N) is 5. The topological polar surface area (TPSA) is 54.3 Å². The molecule has 2 aromatic rings. The molecule has 1 aromatic carbocycles. The number of para-hydroxylation sites is 1. The molecule has 138 valence electrons. The van der Waals surface area contributed by atoms with Crippen molar-refractivity contribution in [1.82, 2.24) is 19.7 Å². The molecule has 0 atom stereocenters. The van der Waals surface area contributed by atoms with Gasteiger partial charge in [0.1, 0.15) is 11.6 Å². The summed E-state index contributed by atoms with van der Waals surface area (Å²) in [6, 6.07) is 7.30. The molecule has 0 radical (unpaired) electrons. The van der Waals surface area contributed by atoms with Gasteiger partial charge in [-0.2, -0.15) is 0 Å². The number of hydrogen-bond donors (Lipinski definition) is 0. The number of rotatable bonds is 5. The van der Waals surface area contributed by atoms with Crippen molar-refractivity contribution in [2.45, 2.75) is 31.0 Å². The molecular formula is C18H22FN5OS. The van der Waals surface area contributed by atoms with Gasteiger partial charge in [-0.1, -0.05) is 23.9 Å². The minimum Gasteiger partial charge on any atom is -0.366 e. The van der Waals surface area contributed by atoms with Crippen LogP contribution in [0.2, 0.25) is 0 Å². The second kappa shape index (κ2) is 7.26. The number of carbonyl (C=O) groups is 1. The van der Waals surface area contributed by atoms with Gasteiger partial charge in [0.15, 0.2) is 5.16 Å². The second-order valence-corrected chi connectivity index (χ2v) is 7.68. The monoisotopic (exact) mass is 375 g/mol. The standard InChI is InChI=1S/C18H22FN5OS/c1-13-20-21-18(24(13)14-6-7-14)26-12-17(25)23-10-8-22(9-11-23)16-5-3-2-4-15(16)19/h2-5,14H,6-12H2,1H3. The number of halogens is 1. The molecule has 6 nitrogen and oxygen atoms in total. The quantitative estimate of drug-likeness (QED) is 0.752. The molecular weight excluding hydrogens is 353 g/mol. The van der Waals surface area contributed by atoms with Crippen LogP contribution in [0, 0.1) is 12.7 Å². The number of thioether (sulfide) groups is 1. The number of piperazine rings is 1. The van der Waals surface area contributed by atoms with Crippen LogP contribution in [0.25, 0.3) is 0 Å². The lowest BCUT2D eigenvalue weighted by Crippen LogP contribution is -2.49. The van der Waals surface area contributed by atoms with Gasteiger partial charge < -0.3 is 14.4 Å². The van der Waals surface area contributed by atoms with Crippen LogP contribution in [0.4, 0.5) is 10.1 Å². The lowest BCUT2D eigenvalue weighted by atomic mass is 10.2. The van der Waals surface area contributed by atoms with E-state index in [0.717, 1.165) is 11.0 Å². The van der Waals surface area contributed by atoms with Crippen molar-refractivity contribution >= 4 is 23.4 Å². The van der Waals surface area contributed by atoms with Gasteiger partial charge in [-0.05, 0) is 31.9 Å². The summed E-state index contributed by atoms with van der Waals surface area (Å²) in [5.41, 5.74) is 0.613. The van der Waals surface area contributed by atoms with E-state index in [1.807, 2.05) is 22.8 Å². The Morgan fingerprint density at radius 2 is 1.92 bits per heavy atom. The van der Waals surface area contributed by atoms with Crippen molar-refractivity contribution in [2.75, 3.05) is 36.8 Å². The third kappa shape index (κ3) is 3.56. The normalized spacial score (nSPS) is 17.6. The number of hydrogen-bond acceptors (Lipinski definition) is 5. The van der Waals surface area contributed by atoms with Crippen molar-refractivity contribution in [2.24, 2.45) is 0 Å². The number of carbonyl (C=O) groups excluding carboxylic acids is 1. The molecule has 0 unspecified atom stereocenters. The molecule has 1 aliphatic carbocycles. The van der Waals surface area contributed by atoms with Gasteiger partial charge in [-0.3, -0.25) is 4.79 Å². The fourth-order valence-corrected chi connectivity index (χ4v) is 4.28. The number of benzene rings is 1. The first-order valence-corrected chi connectivity index (χ1v) is 9.93. The Morgan fingerprint density at radius 1 is 1.19 bits per heavy atom. The van der Waals surface area contributed by atoms with Gasteiger partial charge in [0.2, 0.25) is 5.91 Å². The van der Waals surface area contributed by atoms with Gasteiger partial charge in [-0.25, -0.2) is 4.39 Å². The van der Waals surface area contributed by atoms with Crippen LogP contribution in [0.1, 0.15) is 24.7 Å². The van der Waals surface area contributed by atoms with Crippen molar-refractivity contribution < 1.29 is 9.18 Å². The Kier molecular flexibility index (Phi) is 4.84. The summed E-state index contributed by atoms with van der Waals surface area (Å²) in [4.78, 5) is 16.4. The van der Waals surface area contributed by atoms with Crippen LogP contribution in [0.5, 0.6) is 0 Å². The summed E-state index contributed by atoms with van der Waals surface area (Å²) in [7, 11) is 0. The van der Waals surface area contributed by atoms with Gasteiger partial charge in [-0.15, -0.1) is 10.2 Å². The van der Waals surface area contributed by atoms with Crippen LogP contribution in [0.3, 0.4) is 0 Å². The Bertz CT molecular complexity index is 799. The average molecular weight is 375 g/mol. The highest BCUT2D eigenvalue weighted by atomic mass is 32.2. The maximum atomic E-state index is 13.9. The summed E-state index contributed by atoms with van der Waals surface area (Å²) in [5.74, 6) is 1.18. The highest BCUT2D eigenvalue weighted by molar-refractivity contribution is 7.99. The Labute approximate surface area is 156 Å². The molecule has 4 rings (SSSR count). The summed E-state index contributed by atoms with van der Waals surface area (Å²) in [6.07, 6.45) is 2.33. The van der Waals surface area contributed by atoms with Crippen molar-refractivity contribution in [1.29, 1.82) is 0 Å². The molecule has 2 aliphatic rings. The van der Waals surface area contributed by atoms with Crippen LogP contribution in [-0.2, 0) is 4.79 Å². The molecule has 1 aliphatic heterocycles. The first-order valence-electron chi connectivity index (χ1n) is 8.95. The predicted molar refractivity (Wildman–Crippen MR) is 98.9 cm³/mol. The molecule has 26 heavy (non-hydrogen) atoms. The molecule has 1 saturated heterocycles. The first kappa shape index (κ1) is 17.3. The third-order valence-electron chi connectivity index (χ3n) is 4.90. The minimum atomic E-state index is -0.211. The summed E-state index contributed by atoms with van der Waals surface area (Å²) in [5, 5.41) is 9.19. The van der Waals surface area contributed by atoms with Gasteiger partial charge in [0.25, 0.3) is 0 Å². The molecule has 0 spiro atoms. The Hall–Kier alpha value is -2.09. The zero-order valence-electron chi connectivity index (χ0n) is 14.8. The zero-order valence-corrected chi connectivity index (χ0v) is 15.6. The number of amides is 1. The van der Waals surface area contributed by atoms with E-state index in [1.165, 1.54) is 30.7 Å². The van der Waals surface area contributed by atoms with Crippen molar-refractivity contribution in [3.63, 3.8) is 0 Å². The molecule has 2 heterocycles. The molecule has 1 amide bonds. The molecule has 2 fully saturated rings. The van der Waals surface area contributed by atoms with Gasteiger partial charge in [0, 0.05) is 32.2 Å². The van der Waals surface area contributed by atoms with Gasteiger partial charge >= 0.3 is 0 Å². The zero-order chi connectivity index (χ0) is 18.1. The maximum absolute atomic E-state index is 13.9. The third-order valence-corrected chi connectivity index (χ3v) is 5.83. The smallest absolute Gasteiger partial charge is 0.233 e. The van der Waals surface area contributed by atoms with Crippen LogP contribution >= 0.6 is 11.8 Å². The maximum Gasteiger partial charge on any atom is 0.233 e. The Morgan fingerprint density at radius 3 is 2.62 bits per heavy atom. The van der Waals surface area contributed by atoms with E-state index in [2.05, 4.69) is 14.8 Å². The highest BCUT2D eigenvalue weighted by Gasteiger charge is 2.29. The van der Waals surface area contributed by atoms with Crippen LogP contribution in [-0.4, -0.2) is 57.5 Å². The fraction of sp³-hybridized carbons (Fsp3) is 0.500. The summed E-state index contributed by atoms with van der Waals surface area (Å²) >= 11 is 1.46. The summed E-state index contributed by atoms with van der Waals surface area (Å²) < 4.78 is 16.1. The van der Waals surface area contributed by atoms with E-state index in [0.29, 0.717) is 43.7 Å². The Balaban J connectivity index is 1.31. The van der Waals surface area contributed by atoms with E-state index in [9.17, 15) is 9.18 Å². The van der Waals surface area contributed by atoms with Crippen molar-refractivity contribution in [3.8, 4) is 0 Å². The molecule has 8 heteroatoms.